The van der Waals surface area contributed by atoms with Crippen LogP contribution >= 0.6 is 11.3 Å². The van der Waals surface area contributed by atoms with E-state index in [0.717, 1.165) is 0 Å². The Balaban J connectivity index is 1.66. The van der Waals surface area contributed by atoms with E-state index in [4.69, 9.17) is 9.47 Å². The molecule has 0 aliphatic carbocycles. The number of nitrogens with one attached hydrogen (secondary N) is 1. The maximum atomic E-state index is 12.4. The molecule has 0 unspecified atom stereocenters. The summed E-state index contributed by atoms with van der Waals surface area (Å²) in [6, 6.07) is 13.7. The molecule has 0 fully saturated rings. The van der Waals surface area contributed by atoms with Gasteiger partial charge in [-0.2, -0.15) is 4.72 Å². The molecule has 0 saturated heterocycles. The van der Waals surface area contributed by atoms with E-state index in [1.54, 1.807) is 47.8 Å². The van der Waals surface area contributed by atoms with Gasteiger partial charge >= 0.3 is 5.97 Å². The van der Waals surface area contributed by atoms with Gasteiger partial charge < -0.3 is 9.47 Å². The summed E-state index contributed by atoms with van der Waals surface area (Å²) in [4.78, 5) is 30.5. The minimum Gasteiger partial charge on any atom is -0.495 e. The summed E-state index contributed by atoms with van der Waals surface area (Å²) < 4.78 is 37.6. The monoisotopic (exact) mass is 489 g/mol. The zero-order valence-electron chi connectivity index (χ0n) is 18.2. The molecule has 9 nitrogen and oxygen atoms in total. The first kappa shape index (κ1) is 24.4. The molecule has 1 amide bonds. The van der Waals surface area contributed by atoms with E-state index in [1.165, 1.54) is 49.3 Å². The Kier molecular flexibility index (Phi) is 7.79. The summed E-state index contributed by atoms with van der Waals surface area (Å²) in [5.41, 5.74) is 0.956. The maximum absolute atomic E-state index is 12.4. The second kappa shape index (κ2) is 10.6. The van der Waals surface area contributed by atoms with Crippen LogP contribution in [0.2, 0.25) is 0 Å². The van der Waals surface area contributed by atoms with Crippen molar-refractivity contribution >= 4 is 44.1 Å². The number of methoxy groups -OCH3 is 1. The van der Waals surface area contributed by atoms with E-state index in [9.17, 15) is 18.0 Å². The zero-order valence-corrected chi connectivity index (χ0v) is 19.9. The number of amides is 1. The number of sulfonamides is 1. The molecule has 0 saturated carbocycles. The van der Waals surface area contributed by atoms with Gasteiger partial charge in [-0.25, -0.2) is 13.4 Å². The molecule has 0 bridgehead atoms. The van der Waals surface area contributed by atoms with Gasteiger partial charge in [0.25, 0.3) is 0 Å². The average molecular weight is 490 g/mol. The molecule has 0 aliphatic heterocycles. The lowest BCUT2D eigenvalue weighted by Crippen LogP contribution is -2.39. The fraction of sp³-hybridized carbons (Fsp3) is 0.227. The number of nitrogens with zero attached hydrogens (tertiary/aromatic N) is 2. The average Bonchev–Trinajstić information content (AvgIpc) is 3.26. The van der Waals surface area contributed by atoms with Crippen LogP contribution in [0.25, 0.3) is 0 Å². The number of ether oxygens (including phenoxy) is 2. The number of aromatic nitrogens is 1. The van der Waals surface area contributed by atoms with Gasteiger partial charge in [0.05, 0.1) is 23.4 Å². The fourth-order valence-corrected chi connectivity index (χ4v) is 4.98. The van der Waals surface area contributed by atoms with E-state index in [1.807, 2.05) is 0 Å². The van der Waals surface area contributed by atoms with Crippen molar-refractivity contribution in [1.29, 1.82) is 0 Å². The molecule has 1 aromatic heterocycles. The van der Waals surface area contributed by atoms with Gasteiger partial charge in [-0.15, -0.1) is 11.3 Å². The first-order valence-electron chi connectivity index (χ1n) is 9.85. The van der Waals surface area contributed by atoms with Crippen molar-refractivity contribution in [3.8, 4) is 5.75 Å². The van der Waals surface area contributed by atoms with Crippen LogP contribution in [0.1, 0.15) is 19.5 Å². The quantitative estimate of drug-likeness (QED) is 0.459. The van der Waals surface area contributed by atoms with Gasteiger partial charge in [-0.05, 0) is 31.2 Å². The lowest BCUT2D eigenvalue weighted by Gasteiger charge is -2.20. The van der Waals surface area contributed by atoms with E-state index >= 15 is 0 Å². The van der Waals surface area contributed by atoms with Gasteiger partial charge in [0.15, 0.2) is 5.13 Å². The second-order valence-electron chi connectivity index (χ2n) is 6.91. The standard InChI is InChI=1S/C22H23N3O6S2/c1-15(24-33(28,29)18-9-5-4-6-10-18)21(27)31-13-17-14-32-22(23-17)25(16(2)26)19-11-7-8-12-20(19)30-3/h4-12,14-15,24H,13H2,1-3H3/t15-/m0/s1. The summed E-state index contributed by atoms with van der Waals surface area (Å²) in [5, 5.41) is 2.04. The van der Waals surface area contributed by atoms with Crippen LogP contribution in [-0.4, -0.2) is 38.4 Å². The highest BCUT2D eigenvalue weighted by Gasteiger charge is 2.24. The van der Waals surface area contributed by atoms with E-state index in [0.29, 0.717) is 22.3 Å². The summed E-state index contributed by atoms with van der Waals surface area (Å²) in [6.45, 7) is 2.63. The molecule has 3 aromatic rings. The molecular formula is C22H23N3O6S2. The molecule has 11 heteroatoms. The molecule has 2 aromatic carbocycles. The Bertz CT molecular complexity index is 1230. The second-order valence-corrected chi connectivity index (χ2v) is 9.46. The summed E-state index contributed by atoms with van der Waals surface area (Å²) >= 11 is 1.20. The third kappa shape index (κ3) is 5.95. The number of hydrogen-bond donors (Lipinski definition) is 1. The molecule has 0 spiro atoms. The Labute approximate surface area is 196 Å². The summed E-state index contributed by atoms with van der Waals surface area (Å²) in [7, 11) is -2.35. The fourth-order valence-electron chi connectivity index (χ4n) is 2.91. The molecule has 1 atom stereocenters. The van der Waals surface area contributed by atoms with Gasteiger partial charge in [0, 0.05) is 12.3 Å². The van der Waals surface area contributed by atoms with E-state index in [-0.39, 0.29) is 17.4 Å². The molecule has 174 valence electrons. The van der Waals surface area contributed by atoms with Crippen LogP contribution in [0, 0.1) is 0 Å². The topological polar surface area (TPSA) is 115 Å². The Morgan fingerprint density at radius 3 is 2.45 bits per heavy atom. The zero-order chi connectivity index (χ0) is 24.0. The van der Waals surface area contributed by atoms with Crippen molar-refractivity contribution in [2.75, 3.05) is 12.0 Å². The van der Waals surface area contributed by atoms with Gasteiger partial charge in [-0.1, -0.05) is 30.3 Å². The normalized spacial score (nSPS) is 12.1. The summed E-state index contributed by atoms with van der Waals surface area (Å²) in [6.07, 6.45) is 0. The first-order valence-corrected chi connectivity index (χ1v) is 12.2. The summed E-state index contributed by atoms with van der Waals surface area (Å²) in [5.74, 6) is -0.506. The van der Waals surface area contributed by atoms with Crippen LogP contribution < -0.4 is 14.4 Å². The minimum absolute atomic E-state index is 0.0504. The third-order valence-corrected chi connectivity index (χ3v) is 6.90. The number of para-hydroxylation sites is 2. The van der Waals surface area contributed by atoms with Gasteiger partial charge in [-0.3, -0.25) is 14.5 Å². The largest absolute Gasteiger partial charge is 0.495 e. The van der Waals surface area contributed by atoms with Crippen LogP contribution in [-0.2, 0) is 31.0 Å². The van der Waals surface area contributed by atoms with Crippen LogP contribution in [0.5, 0.6) is 5.75 Å². The minimum atomic E-state index is -3.86. The van der Waals surface area contributed by atoms with Crippen molar-refractivity contribution in [2.24, 2.45) is 0 Å². The number of rotatable bonds is 9. The SMILES string of the molecule is COc1ccccc1N(C(C)=O)c1nc(COC(=O)[C@H](C)NS(=O)(=O)c2ccccc2)cs1. The molecule has 1 N–H and O–H groups in total. The number of hydrogen-bond acceptors (Lipinski definition) is 8. The van der Waals surface area contributed by atoms with Gasteiger partial charge in [0.2, 0.25) is 15.9 Å². The van der Waals surface area contributed by atoms with Crippen molar-refractivity contribution in [1.82, 2.24) is 9.71 Å². The first-order chi connectivity index (χ1) is 15.7. The van der Waals surface area contributed by atoms with Crippen LogP contribution in [0.4, 0.5) is 10.8 Å². The van der Waals surface area contributed by atoms with Crippen molar-refractivity contribution < 1.29 is 27.5 Å². The number of esters is 1. The Morgan fingerprint density at radius 1 is 1.12 bits per heavy atom. The molecular weight excluding hydrogens is 466 g/mol. The smallest absolute Gasteiger partial charge is 0.324 e. The molecule has 0 radical (unpaired) electrons. The predicted octanol–water partition coefficient (Wildman–Crippen LogP) is 3.25. The number of carbonyl (C=O) groups is 2. The molecule has 0 aliphatic rings. The molecule has 3 rings (SSSR count). The van der Waals surface area contributed by atoms with E-state index < -0.39 is 22.0 Å². The third-order valence-electron chi connectivity index (χ3n) is 4.47. The Morgan fingerprint density at radius 2 is 1.79 bits per heavy atom. The number of benzene rings is 2. The van der Waals surface area contributed by atoms with Crippen LogP contribution in [0.15, 0.2) is 64.9 Å². The van der Waals surface area contributed by atoms with Crippen molar-refractivity contribution in [2.45, 2.75) is 31.4 Å². The highest BCUT2D eigenvalue weighted by Crippen LogP contribution is 2.35. The lowest BCUT2D eigenvalue weighted by atomic mass is 10.2. The lowest BCUT2D eigenvalue weighted by molar-refractivity contribution is -0.146. The Hall–Kier alpha value is -3.28. The van der Waals surface area contributed by atoms with Crippen molar-refractivity contribution in [3.63, 3.8) is 0 Å². The molecule has 1 heterocycles. The van der Waals surface area contributed by atoms with Gasteiger partial charge in [0.1, 0.15) is 18.4 Å². The predicted molar refractivity (Wildman–Crippen MR) is 124 cm³/mol. The van der Waals surface area contributed by atoms with E-state index in [2.05, 4.69) is 9.71 Å². The van der Waals surface area contributed by atoms with Crippen molar-refractivity contribution in [3.05, 3.63) is 65.7 Å². The maximum Gasteiger partial charge on any atom is 0.324 e. The number of anilines is 2. The number of thiazole rings is 1. The number of carbonyl (C=O) groups excluding carboxylic acids is 2. The molecule has 33 heavy (non-hydrogen) atoms. The highest BCUT2D eigenvalue weighted by molar-refractivity contribution is 7.89. The highest BCUT2D eigenvalue weighted by atomic mass is 32.2. The van der Waals surface area contributed by atoms with Crippen LogP contribution in [0.3, 0.4) is 0 Å².